The molecule has 0 bridgehead atoms. The SMILES string of the molecule is Nc1cccc[n+]1CO[PH](O)(O)O. The van der Waals surface area contributed by atoms with Gasteiger partial charge in [-0.25, -0.2) is 0 Å². The zero-order valence-corrected chi connectivity index (χ0v) is 7.79. The van der Waals surface area contributed by atoms with Crippen LogP contribution in [0, 0.1) is 0 Å². The number of nitrogens with zero attached hydrogens (tertiary/aromatic N) is 1. The van der Waals surface area contributed by atoms with Crippen molar-refractivity contribution in [3.63, 3.8) is 0 Å². The number of hydrogen-bond donors (Lipinski definition) is 4. The molecule has 0 radical (unpaired) electrons. The maximum atomic E-state index is 8.54. The number of aromatic nitrogens is 1. The molecule has 0 saturated carbocycles. The van der Waals surface area contributed by atoms with E-state index in [1.165, 1.54) is 4.57 Å². The zero-order valence-electron chi connectivity index (χ0n) is 6.79. The van der Waals surface area contributed by atoms with Crippen molar-refractivity contribution in [3.8, 4) is 0 Å². The van der Waals surface area contributed by atoms with Crippen molar-refractivity contribution < 1.29 is 23.8 Å². The van der Waals surface area contributed by atoms with Crippen LogP contribution >= 0.6 is 8.17 Å². The van der Waals surface area contributed by atoms with Gasteiger partial charge < -0.3 is 0 Å². The van der Waals surface area contributed by atoms with Gasteiger partial charge in [0.25, 0.3) is 0 Å². The van der Waals surface area contributed by atoms with Crippen LogP contribution in [-0.4, -0.2) is 14.7 Å². The molecule has 0 fully saturated rings. The molecule has 7 heteroatoms. The van der Waals surface area contributed by atoms with Gasteiger partial charge in [-0.2, -0.15) is 0 Å². The number of rotatable bonds is 3. The predicted molar refractivity (Wildman–Crippen MR) is 47.1 cm³/mol. The Kier molecular flexibility index (Phi) is 3.13. The van der Waals surface area contributed by atoms with Gasteiger partial charge in [0.05, 0.1) is 0 Å². The second-order valence-electron chi connectivity index (χ2n) is 2.44. The van der Waals surface area contributed by atoms with Gasteiger partial charge in [-0.15, -0.1) is 0 Å². The Morgan fingerprint density at radius 1 is 1.38 bits per heavy atom. The summed E-state index contributed by atoms with van der Waals surface area (Å²) in [5, 5.41) is 0. The van der Waals surface area contributed by atoms with E-state index in [0.717, 1.165) is 0 Å². The van der Waals surface area contributed by atoms with Gasteiger partial charge in [0.2, 0.25) is 0 Å². The van der Waals surface area contributed by atoms with Crippen molar-refractivity contribution in [2.45, 2.75) is 6.73 Å². The van der Waals surface area contributed by atoms with Crippen LogP contribution in [0.15, 0.2) is 24.4 Å². The summed E-state index contributed by atoms with van der Waals surface area (Å²) in [4.78, 5) is 25.6. The molecule has 0 atom stereocenters. The minimum atomic E-state index is -4.44. The molecular weight excluding hydrogens is 195 g/mol. The quantitative estimate of drug-likeness (QED) is 0.373. The monoisotopic (exact) mass is 207 g/mol. The van der Waals surface area contributed by atoms with Crippen molar-refractivity contribution in [1.29, 1.82) is 0 Å². The maximum absolute atomic E-state index is 8.54. The molecule has 5 N–H and O–H groups in total. The molecule has 6 nitrogen and oxygen atoms in total. The van der Waals surface area contributed by atoms with Crippen molar-refractivity contribution in [3.05, 3.63) is 24.4 Å². The Labute approximate surface area is 75.5 Å². The molecule has 0 aliphatic rings. The van der Waals surface area contributed by atoms with Crippen molar-refractivity contribution in [2.75, 3.05) is 5.73 Å². The number of pyridine rings is 1. The standard InChI is InChI=1S/C6H11N2O4P/c7-6-3-1-2-4-8(6)5-12-13(9,10)11/h1-4,7,9-11,13H,5H2/p+1. The third-order valence-electron chi connectivity index (χ3n) is 1.37. The van der Waals surface area contributed by atoms with E-state index in [4.69, 9.17) is 20.4 Å². The summed E-state index contributed by atoms with van der Waals surface area (Å²) in [7, 11) is -4.44. The van der Waals surface area contributed by atoms with E-state index in [9.17, 15) is 0 Å². The van der Waals surface area contributed by atoms with Crippen LogP contribution < -0.4 is 10.3 Å². The molecule has 0 unspecified atom stereocenters. The zero-order chi connectivity index (χ0) is 9.90. The fourth-order valence-electron chi connectivity index (χ4n) is 0.763. The van der Waals surface area contributed by atoms with E-state index >= 15 is 0 Å². The Morgan fingerprint density at radius 3 is 2.62 bits per heavy atom. The summed E-state index contributed by atoms with van der Waals surface area (Å²) in [6.07, 6.45) is 1.59. The number of nitrogens with two attached hydrogens (primary N) is 1. The summed E-state index contributed by atoms with van der Waals surface area (Å²) in [5.74, 6) is 0.403. The average Bonchev–Trinajstić information content (AvgIpc) is 2.01. The number of hydrogen-bond acceptors (Lipinski definition) is 5. The molecule has 1 rings (SSSR count). The number of nitrogen functional groups attached to an aromatic ring is 1. The van der Waals surface area contributed by atoms with Crippen LogP contribution in [0.2, 0.25) is 0 Å². The van der Waals surface area contributed by atoms with E-state index in [2.05, 4.69) is 4.52 Å². The van der Waals surface area contributed by atoms with Crippen molar-refractivity contribution in [1.82, 2.24) is 0 Å². The Hall–Kier alpha value is -0.780. The molecule has 1 aromatic heterocycles. The van der Waals surface area contributed by atoms with Crippen LogP contribution in [0.3, 0.4) is 0 Å². The minimum absolute atomic E-state index is 0.192. The molecule has 0 aromatic carbocycles. The van der Waals surface area contributed by atoms with E-state index in [1.807, 2.05) is 0 Å². The molecule has 74 valence electrons. The van der Waals surface area contributed by atoms with Gasteiger partial charge in [0.15, 0.2) is 0 Å². The molecule has 0 amide bonds. The molecule has 1 aromatic rings. The summed E-state index contributed by atoms with van der Waals surface area (Å²) in [6, 6.07) is 5.06. The van der Waals surface area contributed by atoms with Gasteiger partial charge in [-0.05, 0) is 0 Å². The van der Waals surface area contributed by atoms with Gasteiger partial charge in [0.1, 0.15) is 0 Å². The van der Waals surface area contributed by atoms with Gasteiger partial charge >= 0.3 is 74.6 Å². The fourth-order valence-corrected chi connectivity index (χ4v) is 1.08. The van der Waals surface area contributed by atoms with Crippen LogP contribution in [0.25, 0.3) is 0 Å². The molecule has 0 saturated heterocycles. The van der Waals surface area contributed by atoms with E-state index in [0.29, 0.717) is 5.82 Å². The van der Waals surface area contributed by atoms with Gasteiger partial charge in [0, 0.05) is 0 Å². The third kappa shape index (κ3) is 3.63. The molecule has 0 aliphatic heterocycles. The fraction of sp³-hybridized carbons (Fsp3) is 0.167. The van der Waals surface area contributed by atoms with Crippen molar-refractivity contribution in [2.24, 2.45) is 0 Å². The molecule has 0 spiro atoms. The van der Waals surface area contributed by atoms with Crippen LogP contribution in [0.4, 0.5) is 5.82 Å². The topological polar surface area (TPSA) is 99.8 Å². The number of anilines is 1. The second kappa shape index (κ2) is 3.95. The van der Waals surface area contributed by atoms with Gasteiger partial charge in [-0.3, -0.25) is 0 Å². The third-order valence-corrected chi connectivity index (χ3v) is 1.89. The summed E-state index contributed by atoms with van der Waals surface area (Å²) in [5.41, 5.74) is 5.50. The normalized spacial score (nSPS) is 12.8. The van der Waals surface area contributed by atoms with Gasteiger partial charge in [-0.1, -0.05) is 0 Å². The van der Waals surface area contributed by atoms with E-state index in [1.54, 1.807) is 24.4 Å². The average molecular weight is 207 g/mol. The van der Waals surface area contributed by atoms with Crippen LogP contribution in [0.5, 0.6) is 0 Å². The second-order valence-corrected chi connectivity index (χ2v) is 3.88. The first-order valence-electron chi connectivity index (χ1n) is 3.54. The molecule has 1 heterocycles. The first-order chi connectivity index (χ1) is 5.99. The summed E-state index contributed by atoms with van der Waals surface area (Å²) >= 11 is 0. The Balaban J connectivity index is 2.60. The molecule has 0 aliphatic carbocycles. The Bertz CT molecular complexity index is 288. The first-order valence-corrected chi connectivity index (χ1v) is 5.29. The first kappa shape index (κ1) is 10.3. The van der Waals surface area contributed by atoms with Crippen molar-refractivity contribution >= 4 is 14.0 Å². The summed E-state index contributed by atoms with van der Waals surface area (Å²) < 4.78 is 5.81. The molecule has 13 heavy (non-hydrogen) atoms. The van der Waals surface area contributed by atoms with E-state index in [-0.39, 0.29) is 6.73 Å². The molecular formula is C6H12N2O4P+. The van der Waals surface area contributed by atoms with Crippen LogP contribution in [-0.2, 0) is 11.3 Å². The van der Waals surface area contributed by atoms with Crippen LogP contribution in [0.1, 0.15) is 0 Å². The van der Waals surface area contributed by atoms with E-state index < -0.39 is 8.17 Å². The predicted octanol–water partition coefficient (Wildman–Crippen LogP) is -1.08. The Morgan fingerprint density at radius 2 is 2.08 bits per heavy atom. The summed E-state index contributed by atoms with van der Waals surface area (Å²) in [6.45, 7) is -0.192.